The van der Waals surface area contributed by atoms with E-state index in [0.29, 0.717) is 17.2 Å². The standard InChI is InChI=1S/C24H22F4N2O4/c1-22(2,15-8-9-16(25)19(11-15)34-3)12-23(33,24(26,27)28)13-29-17-6-4-5-14-7-10-18(21(31)32)30-20(14)17/h4-11,13,33H,12H2,1-3H3,(H,31,32). The number of halogens is 4. The van der Waals surface area contributed by atoms with Crippen molar-refractivity contribution in [2.24, 2.45) is 4.99 Å². The van der Waals surface area contributed by atoms with Crippen LogP contribution < -0.4 is 4.74 Å². The van der Waals surface area contributed by atoms with Gasteiger partial charge in [-0.1, -0.05) is 38.1 Å². The molecule has 0 aliphatic rings. The van der Waals surface area contributed by atoms with Crippen molar-refractivity contribution in [1.82, 2.24) is 4.98 Å². The monoisotopic (exact) mass is 478 g/mol. The van der Waals surface area contributed by atoms with Crippen LogP contribution in [0.2, 0.25) is 0 Å². The van der Waals surface area contributed by atoms with Crippen molar-refractivity contribution in [1.29, 1.82) is 0 Å². The second-order valence-electron chi connectivity index (χ2n) is 8.44. The first kappa shape index (κ1) is 25.1. The summed E-state index contributed by atoms with van der Waals surface area (Å²) < 4.78 is 60.8. The molecule has 0 aliphatic heterocycles. The summed E-state index contributed by atoms with van der Waals surface area (Å²) >= 11 is 0. The van der Waals surface area contributed by atoms with Crippen LogP contribution in [0.3, 0.4) is 0 Å². The number of aromatic carboxylic acids is 1. The number of para-hydroxylation sites is 1. The summed E-state index contributed by atoms with van der Waals surface area (Å²) in [5.41, 5.74) is -4.57. The van der Waals surface area contributed by atoms with Gasteiger partial charge < -0.3 is 14.9 Å². The molecule has 0 saturated carbocycles. The fourth-order valence-electron chi connectivity index (χ4n) is 3.61. The Hall–Kier alpha value is -3.53. The van der Waals surface area contributed by atoms with Gasteiger partial charge in [0.25, 0.3) is 0 Å². The number of hydrogen-bond donors (Lipinski definition) is 2. The van der Waals surface area contributed by atoms with Gasteiger partial charge in [0.1, 0.15) is 5.69 Å². The van der Waals surface area contributed by atoms with Crippen molar-refractivity contribution in [3.8, 4) is 5.75 Å². The van der Waals surface area contributed by atoms with Gasteiger partial charge in [0.05, 0.1) is 18.3 Å². The molecule has 0 spiro atoms. The minimum Gasteiger partial charge on any atom is -0.494 e. The average Bonchev–Trinajstić information content (AvgIpc) is 2.76. The maximum Gasteiger partial charge on any atom is 0.422 e. The Balaban J connectivity index is 2.04. The molecule has 3 rings (SSSR count). The highest BCUT2D eigenvalue weighted by Gasteiger charge is 2.55. The minimum atomic E-state index is -5.10. The number of ether oxygens (including phenoxy) is 1. The first-order valence-corrected chi connectivity index (χ1v) is 10.1. The molecule has 0 bridgehead atoms. The normalized spacial score (nSPS) is 14.4. The fraction of sp³-hybridized carbons (Fsp3) is 0.292. The third-order valence-electron chi connectivity index (χ3n) is 5.47. The zero-order valence-corrected chi connectivity index (χ0v) is 18.5. The average molecular weight is 478 g/mol. The molecule has 2 aromatic carbocycles. The molecule has 1 atom stereocenters. The molecule has 10 heteroatoms. The lowest BCUT2D eigenvalue weighted by atomic mass is 9.75. The number of carboxylic acids is 1. The predicted molar refractivity (Wildman–Crippen MR) is 118 cm³/mol. The van der Waals surface area contributed by atoms with Crippen LogP contribution in [-0.4, -0.2) is 46.3 Å². The highest BCUT2D eigenvalue weighted by molar-refractivity contribution is 5.95. The third kappa shape index (κ3) is 5.01. The number of fused-ring (bicyclic) bond motifs is 1. The lowest BCUT2D eigenvalue weighted by Gasteiger charge is -2.35. The molecule has 1 aromatic heterocycles. The summed E-state index contributed by atoms with van der Waals surface area (Å²) in [5, 5.41) is 20.3. The number of aromatic nitrogens is 1. The first-order valence-electron chi connectivity index (χ1n) is 10.1. The number of hydrogen-bond acceptors (Lipinski definition) is 5. The van der Waals surface area contributed by atoms with Crippen LogP contribution in [0.1, 0.15) is 36.3 Å². The van der Waals surface area contributed by atoms with Crippen LogP contribution >= 0.6 is 0 Å². The summed E-state index contributed by atoms with van der Waals surface area (Å²) in [6, 6.07) is 10.9. The number of carbonyl (C=O) groups is 1. The summed E-state index contributed by atoms with van der Waals surface area (Å²) in [6.07, 6.45) is -5.54. The summed E-state index contributed by atoms with van der Waals surface area (Å²) in [4.78, 5) is 19.1. The molecule has 0 radical (unpaired) electrons. The SMILES string of the molecule is COc1cc(C(C)(C)CC(O)(C=Nc2cccc3ccc(C(=O)O)nc23)C(F)(F)F)ccc1F. The van der Waals surface area contributed by atoms with Crippen LogP contribution in [0, 0.1) is 5.82 Å². The summed E-state index contributed by atoms with van der Waals surface area (Å²) in [6.45, 7) is 2.95. The maximum atomic E-state index is 14.0. The predicted octanol–water partition coefficient (Wildman–Crippen LogP) is 5.44. The number of methoxy groups -OCH3 is 1. The van der Waals surface area contributed by atoms with E-state index in [4.69, 9.17) is 9.84 Å². The molecular formula is C24H22F4N2O4. The molecule has 6 nitrogen and oxygen atoms in total. The van der Waals surface area contributed by atoms with Crippen LogP contribution in [0.15, 0.2) is 53.5 Å². The van der Waals surface area contributed by atoms with Gasteiger partial charge in [0.2, 0.25) is 0 Å². The molecule has 0 fully saturated rings. The Morgan fingerprint density at radius 3 is 2.47 bits per heavy atom. The van der Waals surface area contributed by atoms with Gasteiger partial charge in [-0.3, -0.25) is 4.99 Å². The zero-order valence-electron chi connectivity index (χ0n) is 18.5. The Kier molecular flexibility index (Phi) is 6.66. The third-order valence-corrected chi connectivity index (χ3v) is 5.47. The number of aliphatic hydroxyl groups is 1. The van der Waals surface area contributed by atoms with Crippen LogP contribution in [-0.2, 0) is 5.41 Å². The molecule has 0 amide bonds. The largest absolute Gasteiger partial charge is 0.494 e. The second-order valence-corrected chi connectivity index (χ2v) is 8.44. The Morgan fingerprint density at radius 2 is 1.85 bits per heavy atom. The Bertz CT molecular complexity index is 1260. The number of aliphatic imine (C=N–C) groups is 1. The molecule has 0 saturated heterocycles. The van der Waals surface area contributed by atoms with Crippen molar-refractivity contribution in [3.05, 3.63) is 65.6 Å². The highest BCUT2D eigenvalue weighted by Crippen LogP contribution is 2.41. The summed E-state index contributed by atoms with van der Waals surface area (Å²) in [7, 11) is 1.24. The van der Waals surface area contributed by atoms with E-state index < -0.39 is 35.4 Å². The van der Waals surface area contributed by atoms with Crippen molar-refractivity contribution < 1.29 is 37.3 Å². The van der Waals surface area contributed by atoms with Crippen molar-refractivity contribution in [2.45, 2.75) is 37.5 Å². The lowest BCUT2D eigenvalue weighted by Crippen LogP contribution is -2.50. The van der Waals surface area contributed by atoms with E-state index in [1.807, 2.05) is 0 Å². The number of rotatable bonds is 7. The van der Waals surface area contributed by atoms with E-state index in [0.717, 1.165) is 6.07 Å². The van der Waals surface area contributed by atoms with Gasteiger partial charge in [0, 0.05) is 11.6 Å². The van der Waals surface area contributed by atoms with Crippen molar-refractivity contribution in [3.63, 3.8) is 0 Å². The fourth-order valence-corrected chi connectivity index (χ4v) is 3.61. The number of alkyl halides is 3. The van der Waals surface area contributed by atoms with E-state index in [2.05, 4.69) is 9.98 Å². The molecule has 34 heavy (non-hydrogen) atoms. The number of benzene rings is 2. The Labute approximate surface area is 192 Å². The van der Waals surface area contributed by atoms with Crippen LogP contribution in [0.5, 0.6) is 5.75 Å². The molecule has 1 unspecified atom stereocenters. The van der Waals surface area contributed by atoms with Gasteiger partial charge in [0.15, 0.2) is 17.2 Å². The number of nitrogens with zero attached hydrogens (tertiary/aromatic N) is 2. The van der Waals surface area contributed by atoms with E-state index >= 15 is 0 Å². The molecule has 2 N–H and O–H groups in total. The smallest absolute Gasteiger partial charge is 0.422 e. The molecule has 1 heterocycles. The maximum absolute atomic E-state index is 14.0. The molecule has 3 aromatic rings. The van der Waals surface area contributed by atoms with Crippen LogP contribution in [0.25, 0.3) is 10.9 Å². The first-order chi connectivity index (χ1) is 15.8. The van der Waals surface area contributed by atoms with Gasteiger partial charge >= 0.3 is 12.1 Å². The van der Waals surface area contributed by atoms with E-state index in [9.17, 15) is 27.5 Å². The van der Waals surface area contributed by atoms with E-state index in [1.54, 1.807) is 6.07 Å². The van der Waals surface area contributed by atoms with Crippen molar-refractivity contribution >= 4 is 28.8 Å². The zero-order chi connectivity index (χ0) is 25.3. The van der Waals surface area contributed by atoms with Gasteiger partial charge in [-0.05, 0) is 41.7 Å². The summed E-state index contributed by atoms with van der Waals surface area (Å²) in [5.74, 6) is -2.10. The van der Waals surface area contributed by atoms with Gasteiger partial charge in [-0.15, -0.1) is 0 Å². The second kappa shape index (κ2) is 9.02. The quantitative estimate of drug-likeness (QED) is 0.348. The molecular weight excluding hydrogens is 456 g/mol. The Morgan fingerprint density at radius 1 is 1.15 bits per heavy atom. The topological polar surface area (TPSA) is 92.0 Å². The van der Waals surface area contributed by atoms with E-state index in [-0.39, 0.29) is 22.6 Å². The molecule has 180 valence electrons. The van der Waals surface area contributed by atoms with Gasteiger partial charge in [-0.2, -0.15) is 13.2 Å². The van der Waals surface area contributed by atoms with Crippen molar-refractivity contribution in [2.75, 3.05) is 7.11 Å². The lowest BCUT2D eigenvalue weighted by molar-refractivity contribution is -0.234. The highest BCUT2D eigenvalue weighted by atomic mass is 19.4. The minimum absolute atomic E-state index is 0.0375. The van der Waals surface area contributed by atoms with Gasteiger partial charge in [-0.25, -0.2) is 14.2 Å². The van der Waals surface area contributed by atoms with E-state index in [1.165, 1.54) is 57.4 Å². The number of carboxylic acid groups (broad SMARTS) is 1. The van der Waals surface area contributed by atoms with Crippen LogP contribution in [0.4, 0.5) is 23.2 Å². The molecule has 0 aliphatic carbocycles. The number of pyridine rings is 1.